The second kappa shape index (κ2) is 9.34. The summed E-state index contributed by atoms with van der Waals surface area (Å²) >= 11 is 0. The predicted molar refractivity (Wildman–Crippen MR) is 122 cm³/mol. The summed E-state index contributed by atoms with van der Waals surface area (Å²) in [7, 11) is -1.88. The van der Waals surface area contributed by atoms with Crippen LogP contribution in [-0.4, -0.2) is 36.0 Å². The third-order valence-electron chi connectivity index (χ3n) is 6.00. The van der Waals surface area contributed by atoms with Gasteiger partial charge >= 0.3 is 0 Å². The lowest BCUT2D eigenvalue weighted by molar-refractivity contribution is 0.211. The summed E-state index contributed by atoms with van der Waals surface area (Å²) in [5.74, 6) is 0. The number of likely N-dealkylation sites (N-methyl/N-ethyl adjacent to an activating group) is 1. The van der Waals surface area contributed by atoms with Crippen LogP contribution in [0.15, 0.2) is 66.1 Å². The number of aromatic nitrogens is 2. The van der Waals surface area contributed by atoms with Crippen molar-refractivity contribution in [2.75, 3.05) is 13.1 Å². The van der Waals surface area contributed by atoms with Crippen LogP contribution in [0.5, 0.6) is 0 Å². The van der Waals surface area contributed by atoms with Crippen LogP contribution in [0.4, 0.5) is 0 Å². The Morgan fingerprint density at radius 3 is 2.65 bits per heavy atom. The fourth-order valence-corrected chi connectivity index (χ4v) is 5.35. The molecule has 1 unspecified atom stereocenters. The third-order valence-corrected chi connectivity index (χ3v) is 7.29. The standard InChI is InChI=1S/C24H30N4O2S/c1-3-28-13-7-10-21-12-11-20(16-26-31(29,30)24-17-27(2)18-25-24)14-22(21)23(28)15-19-8-5-4-6-9-19/h4-6,8-9,11-12,14,17-18,23,26H,3,7,10,13,15-16H2,1-2H3. The highest BCUT2D eigenvalue weighted by molar-refractivity contribution is 7.89. The third kappa shape index (κ3) is 5.06. The number of fused-ring (bicyclic) bond motifs is 1. The minimum Gasteiger partial charge on any atom is -0.339 e. The molecule has 31 heavy (non-hydrogen) atoms. The second-order valence-corrected chi connectivity index (χ2v) is 9.89. The van der Waals surface area contributed by atoms with Crippen LogP contribution < -0.4 is 4.72 Å². The summed E-state index contributed by atoms with van der Waals surface area (Å²) in [6.07, 6.45) is 6.14. The number of sulfonamides is 1. The molecule has 2 heterocycles. The molecule has 0 aliphatic carbocycles. The second-order valence-electron chi connectivity index (χ2n) is 8.17. The minimum atomic E-state index is -3.64. The first-order chi connectivity index (χ1) is 15.0. The minimum absolute atomic E-state index is 0.0453. The van der Waals surface area contributed by atoms with E-state index in [2.05, 4.69) is 57.9 Å². The van der Waals surface area contributed by atoms with Crippen LogP contribution in [0.2, 0.25) is 0 Å². The number of imidazole rings is 1. The average Bonchev–Trinajstić information content (AvgIpc) is 3.15. The molecule has 1 atom stereocenters. The van der Waals surface area contributed by atoms with Crippen LogP contribution in [-0.2, 0) is 36.5 Å². The van der Waals surface area contributed by atoms with E-state index in [4.69, 9.17) is 0 Å². The molecule has 6 nitrogen and oxygen atoms in total. The van der Waals surface area contributed by atoms with Crippen molar-refractivity contribution in [3.63, 3.8) is 0 Å². The number of benzene rings is 2. The van der Waals surface area contributed by atoms with Gasteiger partial charge in [-0.25, -0.2) is 18.1 Å². The van der Waals surface area contributed by atoms with Gasteiger partial charge in [0.1, 0.15) is 0 Å². The maximum atomic E-state index is 12.6. The molecule has 0 spiro atoms. The lowest BCUT2D eigenvalue weighted by atomic mass is 9.92. The molecule has 2 aromatic carbocycles. The smallest absolute Gasteiger partial charge is 0.259 e. The molecule has 4 rings (SSSR count). The van der Waals surface area contributed by atoms with Crippen molar-refractivity contribution < 1.29 is 8.42 Å². The van der Waals surface area contributed by atoms with E-state index in [1.54, 1.807) is 11.6 Å². The summed E-state index contributed by atoms with van der Waals surface area (Å²) in [5.41, 5.74) is 4.97. The topological polar surface area (TPSA) is 67.2 Å². The first-order valence-electron chi connectivity index (χ1n) is 10.8. The molecule has 3 aromatic rings. The van der Waals surface area contributed by atoms with Gasteiger partial charge in [-0.1, -0.05) is 55.5 Å². The summed E-state index contributed by atoms with van der Waals surface area (Å²) < 4.78 is 29.5. The van der Waals surface area contributed by atoms with Gasteiger partial charge in [-0.15, -0.1) is 0 Å². The van der Waals surface area contributed by atoms with Gasteiger partial charge in [0.25, 0.3) is 10.0 Å². The van der Waals surface area contributed by atoms with Crippen molar-refractivity contribution in [1.29, 1.82) is 0 Å². The van der Waals surface area contributed by atoms with Crippen LogP contribution in [0.25, 0.3) is 0 Å². The number of nitrogens with zero attached hydrogens (tertiary/aromatic N) is 3. The molecule has 1 N–H and O–H groups in total. The SMILES string of the molecule is CCN1CCCc2ccc(CNS(=O)(=O)c3cn(C)cn3)cc2C1Cc1ccccc1. The Hall–Kier alpha value is -2.48. The molecule has 1 aliphatic heterocycles. The van der Waals surface area contributed by atoms with Gasteiger partial charge in [0.2, 0.25) is 0 Å². The summed E-state index contributed by atoms with van der Waals surface area (Å²) in [6.45, 7) is 4.53. The number of rotatable bonds is 7. The first-order valence-corrected chi connectivity index (χ1v) is 12.3. The first kappa shape index (κ1) is 21.7. The van der Waals surface area contributed by atoms with Gasteiger partial charge in [0.05, 0.1) is 6.33 Å². The highest BCUT2D eigenvalue weighted by atomic mass is 32.2. The van der Waals surface area contributed by atoms with Crippen molar-refractivity contribution in [2.24, 2.45) is 7.05 Å². The maximum Gasteiger partial charge on any atom is 0.259 e. The van der Waals surface area contributed by atoms with Crippen LogP contribution in [0, 0.1) is 0 Å². The van der Waals surface area contributed by atoms with Gasteiger partial charge in [-0.05, 0) is 54.6 Å². The molecule has 164 valence electrons. The molecule has 7 heteroatoms. The zero-order valence-electron chi connectivity index (χ0n) is 18.2. The largest absolute Gasteiger partial charge is 0.339 e. The monoisotopic (exact) mass is 438 g/mol. The Kier molecular flexibility index (Phi) is 6.55. The fourth-order valence-electron chi connectivity index (χ4n) is 4.35. The van der Waals surface area contributed by atoms with E-state index < -0.39 is 10.0 Å². The molecule has 0 fully saturated rings. The Labute approximate surface area is 185 Å². The molecule has 0 amide bonds. The molecular formula is C24H30N4O2S. The number of hydrogen-bond donors (Lipinski definition) is 1. The molecule has 1 aliphatic rings. The quantitative estimate of drug-likeness (QED) is 0.614. The molecule has 1 aromatic heterocycles. The number of nitrogens with one attached hydrogen (secondary N) is 1. The van der Waals surface area contributed by atoms with E-state index in [-0.39, 0.29) is 17.6 Å². The molecule has 0 bridgehead atoms. The highest BCUT2D eigenvalue weighted by Crippen LogP contribution is 2.32. The summed E-state index contributed by atoms with van der Waals surface area (Å²) in [5, 5.41) is 0.0453. The lowest BCUT2D eigenvalue weighted by Crippen LogP contribution is -2.30. The summed E-state index contributed by atoms with van der Waals surface area (Å²) in [4.78, 5) is 6.51. The van der Waals surface area contributed by atoms with Gasteiger partial charge < -0.3 is 4.57 Å². The zero-order chi connectivity index (χ0) is 21.8. The Balaban J connectivity index is 1.60. The lowest BCUT2D eigenvalue weighted by Gasteiger charge is -2.30. The van der Waals surface area contributed by atoms with Crippen molar-refractivity contribution in [2.45, 2.75) is 43.8 Å². The van der Waals surface area contributed by atoms with Crippen molar-refractivity contribution in [3.05, 3.63) is 83.3 Å². The molecule has 0 saturated carbocycles. The van der Waals surface area contributed by atoms with E-state index >= 15 is 0 Å². The normalized spacial score (nSPS) is 17.3. The van der Waals surface area contributed by atoms with Gasteiger partial charge in [0.15, 0.2) is 5.03 Å². The van der Waals surface area contributed by atoms with E-state index in [0.29, 0.717) is 0 Å². The highest BCUT2D eigenvalue weighted by Gasteiger charge is 2.25. The van der Waals surface area contributed by atoms with E-state index in [9.17, 15) is 8.42 Å². The van der Waals surface area contributed by atoms with Crippen LogP contribution >= 0.6 is 0 Å². The van der Waals surface area contributed by atoms with E-state index in [0.717, 1.165) is 37.9 Å². The predicted octanol–water partition coefficient (Wildman–Crippen LogP) is 3.45. The van der Waals surface area contributed by atoms with Gasteiger partial charge in [-0.3, -0.25) is 4.90 Å². The van der Waals surface area contributed by atoms with Gasteiger partial charge in [0, 0.05) is 25.8 Å². The van der Waals surface area contributed by atoms with E-state index in [1.807, 2.05) is 12.1 Å². The Morgan fingerprint density at radius 2 is 1.94 bits per heavy atom. The Morgan fingerprint density at radius 1 is 1.13 bits per heavy atom. The van der Waals surface area contributed by atoms with Crippen molar-refractivity contribution in [1.82, 2.24) is 19.2 Å². The van der Waals surface area contributed by atoms with Gasteiger partial charge in [-0.2, -0.15) is 0 Å². The van der Waals surface area contributed by atoms with E-state index in [1.165, 1.54) is 29.2 Å². The van der Waals surface area contributed by atoms with Crippen LogP contribution in [0.3, 0.4) is 0 Å². The maximum absolute atomic E-state index is 12.6. The number of aryl methyl sites for hydroxylation is 2. The fraction of sp³-hybridized carbons (Fsp3) is 0.375. The average molecular weight is 439 g/mol. The summed E-state index contributed by atoms with van der Waals surface area (Å²) in [6, 6.07) is 17.3. The van der Waals surface area contributed by atoms with Crippen LogP contribution in [0.1, 0.15) is 41.6 Å². The van der Waals surface area contributed by atoms with Crippen molar-refractivity contribution in [3.8, 4) is 0 Å². The molecule has 0 saturated heterocycles. The molecule has 0 radical (unpaired) electrons. The zero-order valence-corrected chi connectivity index (χ0v) is 19.0. The Bertz CT molecular complexity index is 1130. The number of hydrogen-bond acceptors (Lipinski definition) is 4. The molecular weight excluding hydrogens is 408 g/mol. The van der Waals surface area contributed by atoms with Crippen molar-refractivity contribution >= 4 is 10.0 Å².